The number of oxime groups is 1. The van der Waals surface area contributed by atoms with Crippen LogP contribution in [0.25, 0.3) is 0 Å². The van der Waals surface area contributed by atoms with Gasteiger partial charge in [-0.15, -0.1) is 0 Å². The summed E-state index contributed by atoms with van der Waals surface area (Å²) in [6.07, 6.45) is 0.778. The zero-order chi connectivity index (χ0) is 14.3. The second-order valence-electron chi connectivity index (χ2n) is 4.26. The van der Waals surface area contributed by atoms with Crippen LogP contribution in [0.15, 0.2) is 23.4 Å². The largest absolute Gasteiger partial charge is 0.497 e. The molecule has 1 atom stereocenters. The summed E-state index contributed by atoms with van der Waals surface area (Å²) in [6.45, 7) is 4.32. The van der Waals surface area contributed by atoms with Crippen LogP contribution in [-0.2, 0) is 4.74 Å². The summed E-state index contributed by atoms with van der Waals surface area (Å²) < 4.78 is 16.1. The van der Waals surface area contributed by atoms with Crippen molar-refractivity contribution < 1.29 is 19.4 Å². The van der Waals surface area contributed by atoms with Gasteiger partial charge in [0.15, 0.2) is 0 Å². The molecule has 0 amide bonds. The fourth-order valence-electron chi connectivity index (χ4n) is 1.64. The monoisotopic (exact) mass is 267 g/mol. The van der Waals surface area contributed by atoms with Crippen LogP contribution in [0.2, 0.25) is 0 Å². The van der Waals surface area contributed by atoms with Crippen molar-refractivity contribution in [2.24, 2.45) is 5.16 Å². The van der Waals surface area contributed by atoms with Crippen molar-refractivity contribution in [1.29, 1.82) is 0 Å². The number of rotatable bonds is 7. The van der Waals surface area contributed by atoms with Gasteiger partial charge in [-0.3, -0.25) is 0 Å². The first-order chi connectivity index (χ1) is 9.12. The maximum atomic E-state index is 8.90. The fraction of sp³-hybridized carbons (Fsp3) is 0.500. The van der Waals surface area contributed by atoms with Crippen molar-refractivity contribution in [2.75, 3.05) is 20.8 Å². The molecule has 1 aromatic carbocycles. The molecule has 0 fully saturated rings. The van der Waals surface area contributed by atoms with Crippen LogP contribution in [-0.4, -0.2) is 37.8 Å². The van der Waals surface area contributed by atoms with E-state index in [0.717, 1.165) is 12.0 Å². The van der Waals surface area contributed by atoms with E-state index in [4.69, 9.17) is 19.4 Å². The number of benzene rings is 1. The lowest BCUT2D eigenvalue weighted by Gasteiger charge is -2.17. The van der Waals surface area contributed by atoms with Crippen LogP contribution in [0.4, 0.5) is 0 Å². The van der Waals surface area contributed by atoms with Crippen molar-refractivity contribution in [1.82, 2.24) is 0 Å². The van der Waals surface area contributed by atoms with E-state index in [1.807, 2.05) is 13.0 Å². The van der Waals surface area contributed by atoms with E-state index in [0.29, 0.717) is 23.8 Å². The zero-order valence-corrected chi connectivity index (χ0v) is 11.8. The average Bonchev–Trinajstić information content (AvgIpc) is 2.44. The van der Waals surface area contributed by atoms with E-state index >= 15 is 0 Å². The number of hydrogen-bond donors (Lipinski definition) is 1. The molecule has 1 N–H and O–H groups in total. The SMILES string of the molecule is COCCC(C)Oc1cc(OC)ccc1/C(C)=N/O. The maximum Gasteiger partial charge on any atom is 0.132 e. The molecule has 106 valence electrons. The van der Waals surface area contributed by atoms with Crippen molar-refractivity contribution in [3.8, 4) is 11.5 Å². The molecule has 1 unspecified atom stereocenters. The summed E-state index contributed by atoms with van der Waals surface area (Å²) in [7, 11) is 3.26. The van der Waals surface area contributed by atoms with Crippen LogP contribution >= 0.6 is 0 Å². The Labute approximate surface area is 113 Å². The smallest absolute Gasteiger partial charge is 0.132 e. The third-order valence-electron chi connectivity index (χ3n) is 2.79. The van der Waals surface area contributed by atoms with Gasteiger partial charge in [0.2, 0.25) is 0 Å². The van der Waals surface area contributed by atoms with E-state index in [-0.39, 0.29) is 6.10 Å². The minimum Gasteiger partial charge on any atom is -0.497 e. The topological polar surface area (TPSA) is 60.3 Å². The summed E-state index contributed by atoms with van der Waals surface area (Å²) >= 11 is 0. The van der Waals surface area contributed by atoms with Crippen LogP contribution in [0.5, 0.6) is 11.5 Å². The van der Waals surface area contributed by atoms with Gasteiger partial charge in [-0.2, -0.15) is 0 Å². The quantitative estimate of drug-likeness (QED) is 0.469. The van der Waals surface area contributed by atoms with E-state index in [1.165, 1.54) is 0 Å². The third kappa shape index (κ3) is 4.44. The van der Waals surface area contributed by atoms with Gasteiger partial charge in [0, 0.05) is 31.8 Å². The first-order valence-electron chi connectivity index (χ1n) is 6.15. The number of nitrogens with zero attached hydrogens (tertiary/aromatic N) is 1. The highest BCUT2D eigenvalue weighted by Gasteiger charge is 2.12. The Morgan fingerprint density at radius 2 is 2.11 bits per heavy atom. The maximum absolute atomic E-state index is 8.90. The van der Waals surface area contributed by atoms with Gasteiger partial charge in [0.25, 0.3) is 0 Å². The highest BCUT2D eigenvalue weighted by molar-refractivity contribution is 6.00. The third-order valence-corrected chi connectivity index (χ3v) is 2.79. The number of hydrogen-bond acceptors (Lipinski definition) is 5. The van der Waals surface area contributed by atoms with Crippen LogP contribution in [0.1, 0.15) is 25.8 Å². The Kier molecular flexibility index (Phi) is 6.15. The van der Waals surface area contributed by atoms with Crippen molar-refractivity contribution in [2.45, 2.75) is 26.4 Å². The Balaban J connectivity index is 2.94. The van der Waals surface area contributed by atoms with Crippen molar-refractivity contribution in [3.05, 3.63) is 23.8 Å². The lowest BCUT2D eigenvalue weighted by atomic mass is 10.1. The molecule has 5 nitrogen and oxygen atoms in total. The van der Waals surface area contributed by atoms with Gasteiger partial charge in [0.1, 0.15) is 11.5 Å². The minimum absolute atomic E-state index is 0.00250. The summed E-state index contributed by atoms with van der Waals surface area (Å²) in [5.41, 5.74) is 1.24. The number of ether oxygens (including phenoxy) is 3. The van der Waals surface area contributed by atoms with Crippen molar-refractivity contribution in [3.63, 3.8) is 0 Å². The average molecular weight is 267 g/mol. The molecule has 0 spiro atoms. The lowest BCUT2D eigenvalue weighted by molar-refractivity contribution is 0.135. The van der Waals surface area contributed by atoms with Crippen LogP contribution in [0.3, 0.4) is 0 Å². The van der Waals surface area contributed by atoms with E-state index in [9.17, 15) is 0 Å². The van der Waals surface area contributed by atoms with Gasteiger partial charge in [-0.1, -0.05) is 5.16 Å². The normalized spacial score (nSPS) is 13.2. The fourth-order valence-corrected chi connectivity index (χ4v) is 1.64. The van der Waals surface area contributed by atoms with Crippen molar-refractivity contribution >= 4 is 5.71 Å². The molecule has 0 saturated carbocycles. The first kappa shape index (κ1) is 15.3. The number of methoxy groups -OCH3 is 2. The molecule has 19 heavy (non-hydrogen) atoms. The Morgan fingerprint density at radius 3 is 2.68 bits per heavy atom. The summed E-state index contributed by atoms with van der Waals surface area (Å²) in [5.74, 6) is 1.33. The summed E-state index contributed by atoms with van der Waals surface area (Å²) in [5, 5.41) is 12.1. The molecule has 0 bridgehead atoms. The molecule has 0 radical (unpaired) electrons. The Hall–Kier alpha value is -1.75. The molecular weight excluding hydrogens is 246 g/mol. The predicted molar refractivity (Wildman–Crippen MR) is 73.6 cm³/mol. The van der Waals surface area contributed by atoms with Gasteiger partial charge in [-0.05, 0) is 26.0 Å². The molecule has 1 aromatic rings. The van der Waals surface area contributed by atoms with Gasteiger partial charge >= 0.3 is 0 Å². The van der Waals surface area contributed by atoms with E-state index in [2.05, 4.69) is 5.16 Å². The molecule has 1 rings (SSSR count). The summed E-state index contributed by atoms with van der Waals surface area (Å²) in [6, 6.07) is 5.40. The highest BCUT2D eigenvalue weighted by atomic mass is 16.5. The van der Waals surface area contributed by atoms with E-state index < -0.39 is 0 Å². The van der Waals surface area contributed by atoms with E-state index in [1.54, 1.807) is 33.3 Å². The predicted octanol–water partition coefficient (Wildman–Crippen LogP) is 2.70. The molecular formula is C14H21NO4. The standard InChI is InChI=1S/C14H21NO4/c1-10(7-8-17-3)19-14-9-12(18-4)5-6-13(14)11(2)15-16/h5-6,9-10,16H,7-8H2,1-4H3/b15-11+. The first-order valence-corrected chi connectivity index (χ1v) is 6.15. The molecule has 0 aliphatic heterocycles. The minimum atomic E-state index is -0.00250. The molecule has 5 heteroatoms. The zero-order valence-electron chi connectivity index (χ0n) is 11.8. The van der Waals surface area contributed by atoms with Crippen LogP contribution < -0.4 is 9.47 Å². The Morgan fingerprint density at radius 1 is 1.37 bits per heavy atom. The molecule has 0 aromatic heterocycles. The van der Waals surface area contributed by atoms with Gasteiger partial charge < -0.3 is 19.4 Å². The highest BCUT2D eigenvalue weighted by Crippen LogP contribution is 2.26. The molecule has 0 aliphatic rings. The lowest BCUT2D eigenvalue weighted by Crippen LogP contribution is -2.16. The molecule has 0 heterocycles. The van der Waals surface area contributed by atoms with Gasteiger partial charge in [-0.25, -0.2) is 0 Å². The second-order valence-corrected chi connectivity index (χ2v) is 4.26. The van der Waals surface area contributed by atoms with Gasteiger partial charge in [0.05, 0.1) is 18.9 Å². The second kappa shape index (κ2) is 7.63. The molecule has 0 saturated heterocycles. The molecule has 0 aliphatic carbocycles. The Bertz CT molecular complexity index is 431. The summed E-state index contributed by atoms with van der Waals surface area (Å²) in [4.78, 5) is 0. The van der Waals surface area contributed by atoms with Crippen LogP contribution in [0, 0.1) is 0 Å².